The summed E-state index contributed by atoms with van der Waals surface area (Å²) in [5, 5.41) is 0. The highest BCUT2D eigenvalue weighted by molar-refractivity contribution is 5.59. The van der Waals surface area contributed by atoms with E-state index in [1.165, 1.54) is 0 Å². The Bertz CT molecular complexity index is 206. The molecule has 1 aliphatic rings. The van der Waals surface area contributed by atoms with Crippen molar-refractivity contribution in [3.63, 3.8) is 0 Å². The number of nitrogens with two attached hydrogens (primary N) is 1. The number of aldehydes is 1. The lowest BCUT2D eigenvalue weighted by atomic mass is 9.75. The summed E-state index contributed by atoms with van der Waals surface area (Å²) in [4.78, 5) is 10.6. The monoisotopic (exact) mass is 167 g/mol. The number of hydrogen-bond acceptors (Lipinski definition) is 2. The molecule has 0 saturated heterocycles. The van der Waals surface area contributed by atoms with Gasteiger partial charge in [0.15, 0.2) is 0 Å². The summed E-state index contributed by atoms with van der Waals surface area (Å²) in [5.74, 6) is 0.0861. The summed E-state index contributed by atoms with van der Waals surface area (Å²) >= 11 is 0. The molecule has 0 aliphatic heterocycles. The van der Waals surface area contributed by atoms with Crippen LogP contribution in [-0.4, -0.2) is 12.8 Å². The van der Waals surface area contributed by atoms with Crippen molar-refractivity contribution in [3.8, 4) is 0 Å². The Hall–Kier alpha value is -0.630. The molecule has 0 amide bonds. The predicted octanol–water partition coefficient (Wildman–Crippen LogP) is 1.51. The fourth-order valence-corrected chi connectivity index (χ4v) is 1.76. The molecule has 2 N–H and O–H groups in total. The van der Waals surface area contributed by atoms with E-state index in [1.54, 1.807) is 0 Å². The molecule has 12 heavy (non-hydrogen) atoms. The predicted molar refractivity (Wildman–Crippen MR) is 49.7 cm³/mol. The number of carbonyl (C=O) groups excluding carboxylic acids is 1. The lowest BCUT2D eigenvalue weighted by Crippen LogP contribution is -2.24. The fourth-order valence-electron chi connectivity index (χ4n) is 1.76. The number of rotatable bonds is 2. The number of allylic oxidation sites excluding steroid dienone is 1. The smallest absolute Gasteiger partial charge is 0.127 e. The van der Waals surface area contributed by atoms with Crippen LogP contribution in [0.5, 0.6) is 0 Å². The van der Waals surface area contributed by atoms with Crippen LogP contribution >= 0.6 is 0 Å². The van der Waals surface area contributed by atoms with Crippen LogP contribution in [0.4, 0.5) is 0 Å². The molecule has 0 fully saturated rings. The molecule has 1 aliphatic carbocycles. The normalized spacial score (nSPS) is 27.9. The summed E-state index contributed by atoms with van der Waals surface area (Å²) in [5.41, 5.74) is 6.91. The van der Waals surface area contributed by atoms with Gasteiger partial charge in [-0.1, -0.05) is 19.9 Å². The Morgan fingerprint density at radius 1 is 1.75 bits per heavy atom. The van der Waals surface area contributed by atoms with Gasteiger partial charge in [-0.2, -0.15) is 0 Å². The average molecular weight is 167 g/mol. The van der Waals surface area contributed by atoms with Gasteiger partial charge in [0.25, 0.3) is 0 Å². The van der Waals surface area contributed by atoms with Gasteiger partial charge >= 0.3 is 0 Å². The molecule has 0 saturated carbocycles. The standard InChI is InChI=1S/C10H17NO/c1-10(2)4-3-8(7-12)9(5-10)6-11/h5,7-8H,3-4,6,11H2,1-2H3. The highest BCUT2D eigenvalue weighted by Gasteiger charge is 2.26. The highest BCUT2D eigenvalue weighted by atomic mass is 16.1. The molecule has 0 heterocycles. The second-order valence-corrected chi connectivity index (χ2v) is 4.19. The third-order valence-electron chi connectivity index (χ3n) is 2.55. The van der Waals surface area contributed by atoms with E-state index in [-0.39, 0.29) is 11.3 Å². The van der Waals surface area contributed by atoms with Crippen LogP contribution in [0.15, 0.2) is 11.6 Å². The maximum atomic E-state index is 10.6. The van der Waals surface area contributed by atoms with E-state index < -0.39 is 0 Å². The Morgan fingerprint density at radius 3 is 2.92 bits per heavy atom. The average Bonchev–Trinajstić information content (AvgIpc) is 2.03. The van der Waals surface area contributed by atoms with Crippen LogP contribution in [0, 0.1) is 11.3 Å². The van der Waals surface area contributed by atoms with E-state index >= 15 is 0 Å². The van der Waals surface area contributed by atoms with E-state index in [1.807, 2.05) is 0 Å². The lowest BCUT2D eigenvalue weighted by molar-refractivity contribution is -0.110. The summed E-state index contributed by atoms with van der Waals surface area (Å²) in [6.45, 7) is 4.89. The Morgan fingerprint density at radius 2 is 2.42 bits per heavy atom. The molecule has 0 bridgehead atoms. The first-order valence-corrected chi connectivity index (χ1v) is 4.46. The number of hydrogen-bond donors (Lipinski definition) is 1. The second-order valence-electron chi connectivity index (χ2n) is 4.19. The van der Waals surface area contributed by atoms with Gasteiger partial charge in [0.05, 0.1) is 0 Å². The molecule has 1 unspecified atom stereocenters. The van der Waals surface area contributed by atoms with Crippen LogP contribution in [0.1, 0.15) is 26.7 Å². The largest absolute Gasteiger partial charge is 0.327 e. The zero-order valence-corrected chi connectivity index (χ0v) is 7.84. The molecule has 1 rings (SSSR count). The second kappa shape index (κ2) is 3.40. The van der Waals surface area contributed by atoms with Crippen molar-refractivity contribution in [2.75, 3.05) is 6.54 Å². The molecule has 1 atom stereocenters. The highest BCUT2D eigenvalue weighted by Crippen LogP contribution is 2.35. The van der Waals surface area contributed by atoms with Gasteiger partial charge in [0.1, 0.15) is 6.29 Å². The minimum absolute atomic E-state index is 0.0861. The van der Waals surface area contributed by atoms with E-state index in [4.69, 9.17) is 5.73 Å². The van der Waals surface area contributed by atoms with Crippen LogP contribution in [0.3, 0.4) is 0 Å². The maximum absolute atomic E-state index is 10.6. The summed E-state index contributed by atoms with van der Waals surface area (Å²) < 4.78 is 0. The van der Waals surface area contributed by atoms with E-state index in [0.29, 0.717) is 6.54 Å². The minimum atomic E-state index is 0.0861. The summed E-state index contributed by atoms with van der Waals surface area (Å²) in [6, 6.07) is 0. The van der Waals surface area contributed by atoms with E-state index in [9.17, 15) is 4.79 Å². The van der Waals surface area contributed by atoms with Crippen molar-refractivity contribution in [1.29, 1.82) is 0 Å². The van der Waals surface area contributed by atoms with E-state index in [2.05, 4.69) is 19.9 Å². The topological polar surface area (TPSA) is 43.1 Å². The van der Waals surface area contributed by atoms with Gasteiger partial charge < -0.3 is 10.5 Å². The van der Waals surface area contributed by atoms with Crippen molar-refractivity contribution < 1.29 is 4.79 Å². The molecule has 68 valence electrons. The van der Waals surface area contributed by atoms with E-state index in [0.717, 1.165) is 24.7 Å². The van der Waals surface area contributed by atoms with Gasteiger partial charge in [-0.15, -0.1) is 0 Å². The molecular formula is C10H17NO. The molecular weight excluding hydrogens is 150 g/mol. The Balaban J connectivity index is 2.83. The van der Waals surface area contributed by atoms with Crippen molar-refractivity contribution in [2.24, 2.45) is 17.1 Å². The molecule has 0 aromatic rings. The van der Waals surface area contributed by atoms with Crippen LogP contribution in [-0.2, 0) is 4.79 Å². The first-order valence-electron chi connectivity index (χ1n) is 4.46. The van der Waals surface area contributed by atoms with Crippen LogP contribution in [0.2, 0.25) is 0 Å². The Labute approximate surface area is 73.8 Å². The third kappa shape index (κ3) is 1.95. The van der Waals surface area contributed by atoms with Crippen LogP contribution < -0.4 is 5.73 Å². The van der Waals surface area contributed by atoms with Crippen molar-refractivity contribution in [3.05, 3.63) is 11.6 Å². The number of carbonyl (C=O) groups is 1. The molecule has 0 radical (unpaired) electrons. The quantitative estimate of drug-likeness (QED) is 0.500. The minimum Gasteiger partial charge on any atom is -0.327 e. The van der Waals surface area contributed by atoms with Crippen molar-refractivity contribution >= 4 is 6.29 Å². The SMILES string of the molecule is CC1(C)C=C(CN)C(C=O)CC1. The van der Waals surface area contributed by atoms with Crippen molar-refractivity contribution in [2.45, 2.75) is 26.7 Å². The van der Waals surface area contributed by atoms with Gasteiger partial charge in [0, 0.05) is 12.5 Å². The first kappa shape index (κ1) is 9.46. The van der Waals surface area contributed by atoms with Crippen LogP contribution in [0.25, 0.3) is 0 Å². The summed E-state index contributed by atoms with van der Waals surface area (Å²) in [7, 11) is 0. The Kier molecular flexibility index (Phi) is 2.68. The van der Waals surface area contributed by atoms with Gasteiger partial charge in [-0.25, -0.2) is 0 Å². The zero-order valence-electron chi connectivity index (χ0n) is 7.84. The third-order valence-corrected chi connectivity index (χ3v) is 2.55. The maximum Gasteiger partial charge on any atom is 0.127 e. The molecule has 2 nitrogen and oxygen atoms in total. The first-order chi connectivity index (χ1) is 5.59. The molecule has 0 aromatic heterocycles. The van der Waals surface area contributed by atoms with Gasteiger partial charge in [-0.3, -0.25) is 0 Å². The fraction of sp³-hybridized carbons (Fsp3) is 0.700. The molecule has 2 heteroatoms. The zero-order chi connectivity index (χ0) is 9.19. The lowest BCUT2D eigenvalue weighted by Gasteiger charge is -2.30. The molecule has 0 spiro atoms. The molecule has 0 aromatic carbocycles. The van der Waals surface area contributed by atoms with Gasteiger partial charge in [0.2, 0.25) is 0 Å². The summed E-state index contributed by atoms with van der Waals surface area (Å²) in [6.07, 6.45) is 5.23. The van der Waals surface area contributed by atoms with Crippen molar-refractivity contribution in [1.82, 2.24) is 0 Å². The van der Waals surface area contributed by atoms with Gasteiger partial charge in [-0.05, 0) is 23.8 Å².